The second-order valence-corrected chi connectivity index (χ2v) is 4.70. The Morgan fingerprint density at radius 3 is 2.72 bits per heavy atom. The zero-order valence-corrected chi connectivity index (χ0v) is 11.2. The Hall–Kier alpha value is -1.56. The van der Waals surface area contributed by atoms with E-state index < -0.39 is 5.82 Å². The standard InChI is InChI=1S/C15H21FN2/c1-3-4-5-6-7-12(2)18-14-9-8-13(11-17)15(16)10-14/h8-10,12,18H,3-7H2,1-2H3. The summed E-state index contributed by atoms with van der Waals surface area (Å²) < 4.78 is 13.4. The molecule has 98 valence electrons. The zero-order chi connectivity index (χ0) is 13.4. The third kappa shape index (κ3) is 4.75. The summed E-state index contributed by atoms with van der Waals surface area (Å²) in [5, 5.41) is 11.9. The van der Waals surface area contributed by atoms with Gasteiger partial charge in [0.2, 0.25) is 0 Å². The predicted molar refractivity (Wildman–Crippen MR) is 73.0 cm³/mol. The van der Waals surface area contributed by atoms with Crippen molar-refractivity contribution in [2.45, 2.75) is 52.0 Å². The summed E-state index contributed by atoms with van der Waals surface area (Å²) in [5.41, 5.74) is 0.839. The fourth-order valence-electron chi connectivity index (χ4n) is 1.93. The van der Waals surface area contributed by atoms with Crippen LogP contribution in [0.4, 0.5) is 10.1 Å². The van der Waals surface area contributed by atoms with Crippen molar-refractivity contribution in [3.63, 3.8) is 0 Å². The van der Waals surface area contributed by atoms with Gasteiger partial charge in [-0.2, -0.15) is 5.26 Å². The molecule has 1 atom stereocenters. The minimum Gasteiger partial charge on any atom is -0.383 e. The molecule has 0 spiro atoms. The van der Waals surface area contributed by atoms with Crippen LogP contribution >= 0.6 is 0 Å². The summed E-state index contributed by atoms with van der Waals surface area (Å²) in [5.74, 6) is -0.458. The van der Waals surface area contributed by atoms with Crippen LogP contribution in [0, 0.1) is 17.1 Å². The minimum atomic E-state index is -0.458. The number of hydrogen-bond donors (Lipinski definition) is 1. The Kier molecular flexibility index (Phi) is 6.21. The molecule has 1 N–H and O–H groups in total. The number of hydrogen-bond acceptors (Lipinski definition) is 2. The van der Waals surface area contributed by atoms with Gasteiger partial charge in [0, 0.05) is 11.7 Å². The molecule has 0 radical (unpaired) electrons. The lowest BCUT2D eigenvalue weighted by atomic mass is 10.1. The van der Waals surface area contributed by atoms with Gasteiger partial charge < -0.3 is 5.32 Å². The van der Waals surface area contributed by atoms with E-state index in [9.17, 15) is 4.39 Å². The lowest BCUT2D eigenvalue weighted by Gasteiger charge is -2.15. The molecular formula is C15H21FN2. The normalized spacial score (nSPS) is 11.9. The molecule has 1 aromatic rings. The summed E-state index contributed by atoms with van der Waals surface area (Å²) in [6, 6.07) is 6.81. The van der Waals surface area contributed by atoms with Gasteiger partial charge in [0.1, 0.15) is 11.9 Å². The number of anilines is 1. The van der Waals surface area contributed by atoms with Gasteiger partial charge in [-0.3, -0.25) is 0 Å². The van der Waals surface area contributed by atoms with E-state index in [4.69, 9.17) is 5.26 Å². The molecule has 0 bridgehead atoms. The van der Waals surface area contributed by atoms with Crippen molar-refractivity contribution in [1.82, 2.24) is 0 Å². The predicted octanol–water partition coefficient (Wildman–Crippen LogP) is 4.47. The van der Waals surface area contributed by atoms with Crippen molar-refractivity contribution in [2.75, 3.05) is 5.32 Å². The van der Waals surface area contributed by atoms with Gasteiger partial charge in [0.25, 0.3) is 0 Å². The van der Waals surface area contributed by atoms with Crippen LogP contribution in [0.1, 0.15) is 51.5 Å². The monoisotopic (exact) mass is 248 g/mol. The fourth-order valence-corrected chi connectivity index (χ4v) is 1.93. The van der Waals surface area contributed by atoms with Crippen LogP contribution in [-0.2, 0) is 0 Å². The smallest absolute Gasteiger partial charge is 0.143 e. The van der Waals surface area contributed by atoms with E-state index in [2.05, 4.69) is 19.2 Å². The highest BCUT2D eigenvalue weighted by Gasteiger charge is 2.05. The number of nitrogens with one attached hydrogen (secondary N) is 1. The number of unbranched alkanes of at least 4 members (excludes halogenated alkanes) is 3. The molecule has 0 aliphatic carbocycles. The lowest BCUT2D eigenvalue weighted by molar-refractivity contribution is 0.592. The zero-order valence-electron chi connectivity index (χ0n) is 11.2. The quantitative estimate of drug-likeness (QED) is 0.723. The number of nitriles is 1. The first-order valence-corrected chi connectivity index (χ1v) is 6.63. The van der Waals surface area contributed by atoms with Crippen LogP contribution in [0.5, 0.6) is 0 Å². The van der Waals surface area contributed by atoms with Crippen molar-refractivity contribution in [3.05, 3.63) is 29.6 Å². The topological polar surface area (TPSA) is 35.8 Å². The van der Waals surface area contributed by atoms with Gasteiger partial charge in [0.05, 0.1) is 5.56 Å². The second kappa shape index (κ2) is 7.71. The van der Waals surface area contributed by atoms with Crippen LogP contribution in [0.2, 0.25) is 0 Å². The van der Waals surface area contributed by atoms with Crippen LogP contribution in [0.3, 0.4) is 0 Å². The molecule has 0 heterocycles. The Bertz CT molecular complexity index is 409. The number of nitrogens with zero attached hydrogens (tertiary/aromatic N) is 1. The molecule has 3 heteroatoms. The molecule has 0 saturated heterocycles. The Morgan fingerprint density at radius 2 is 2.11 bits per heavy atom. The van der Waals surface area contributed by atoms with Gasteiger partial charge in [0.15, 0.2) is 0 Å². The van der Waals surface area contributed by atoms with Gasteiger partial charge in [-0.05, 0) is 31.5 Å². The molecule has 1 rings (SSSR count). The van der Waals surface area contributed by atoms with Gasteiger partial charge in [-0.15, -0.1) is 0 Å². The van der Waals surface area contributed by atoms with E-state index in [1.807, 2.05) is 6.07 Å². The summed E-state index contributed by atoms with van der Waals surface area (Å²) in [4.78, 5) is 0. The SMILES string of the molecule is CCCCCCC(C)Nc1ccc(C#N)c(F)c1. The summed E-state index contributed by atoms with van der Waals surface area (Å²) >= 11 is 0. The average molecular weight is 248 g/mol. The van der Waals surface area contributed by atoms with E-state index in [0.29, 0.717) is 6.04 Å². The molecular weight excluding hydrogens is 227 g/mol. The Morgan fingerprint density at radius 1 is 1.33 bits per heavy atom. The first kappa shape index (κ1) is 14.5. The first-order chi connectivity index (χ1) is 8.67. The molecule has 1 aromatic carbocycles. The summed E-state index contributed by atoms with van der Waals surface area (Å²) in [7, 11) is 0. The molecule has 0 aromatic heterocycles. The lowest BCUT2D eigenvalue weighted by Crippen LogP contribution is -2.15. The molecule has 0 fully saturated rings. The van der Waals surface area contributed by atoms with E-state index in [-0.39, 0.29) is 5.56 Å². The van der Waals surface area contributed by atoms with E-state index in [0.717, 1.165) is 12.1 Å². The molecule has 18 heavy (non-hydrogen) atoms. The maximum Gasteiger partial charge on any atom is 0.143 e. The van der Waals surface area contributed by atoms with Crippen molar-refractivity contribution in [3.8, 4) is 6.07 Å². The van der Waals surface area contributed by atoms with Crippen LogP contribution < -0.4 is 5.32 Å². The third-order valence-corrected chi connectivity index (χ3v) is 2.99. The molecule has 0 aliphatic rings. The highest BCUT2D eigenvalue weighted by Crippen LogP contribution is 2.16. The fraction of sp³-hybridized carbons (Fsp3) is 0.533. The average Bonchev–Trinajstić information content (AvgIpc) is 2.35. The summed E-state index contributed by atoms with van der Waals surface area (Å²) in [6.45, 7) is 4.29. The van der Waals surface area contributed by atoms with Gasteiger partial charge in [-0.1, -0.05) is 32.6 Å². The molecule has 0 amide bonds. The van der Waals surface area contributed by atoms with Crippen molar-refractivity contribution < 1.29 is 4.39 Å². The molecule has 2 nitrogen and oxygen atoms in total. The third-order valence-electron chi connectivity index (χ3n) is 2.99. The van der Waals surface area contributed by atoms with Gasteiger partial charge >= 0.3 is 0 Å². The number of halogens is 1. The van der Waals surface area contributed by atoms with Crippen LogP contribution in [0.25, 0.3) is 0 Å². The van der Waals surface area contributed by atoms with Crippen LogP contribution in [0.15, 0.2) is 18.2 Å². The van der Waals surface area contributed by atoms with Crippen LogP contribution in [-0.4, -0.2) is 6.04 Å². The van der Waals surface area contributed by atoms with E-state index >= 15 is 0 Å². The molecule has 1 unspecified atom stereocenters. The minimum absolute atomic E-state index is 0.0937. The molecule has 0 saturated carbocycles. The second-order valence-electron chi connectivity index (χ2n) is 4.70. The summed E-state index contributed by atoms with van der Waals surface area (Å²) in [6.07, 6.45) is 6.05. The van der Waals surface area contributed by atoms with Crippen molar-refractivity contribution in [2.24, 2.45) is 0 Å². The largest absolute Gasteiger partial charge is 0.383 e. The highest BCUT2D eigenvalue weighted by molar-refractivity contribution is 5.48. The maximum atomic E-state index is 13.4. The number of benzene rings is 1. The molecule has 0 aliphatic heterocycles. The number of rotatable bonds is 7. The highest BCUT2D eigenvalue weighted by atomic mass is 19.1. The Labute approximate surface area is 109 Å². The Balaban J connectivity index is 2.42. The maximum absolute atomic E-state index is 13.4. The van der Waals surface area contributed by atoms with Crippen molar-refractivity contribution in [1.29, 1.82) is 5.26 Å². The van der Waals surface area contributed by atoms with Crippen molar-refractivity contribution >= 4 is 5.69 Å². The van der Waals surface area contributed by atoms with Gasteiger partial charge in [-0.25, -0.2) is 4.39 Å². The first-order valence-electron chi connectivity index (χ1n) is 6.63. The van der Waals surface area contributed by atoms with E-state index in [1.165, 1.54) is 37.8 Å². The van der Waals surface area contributed by atoms with E-state index in [1.54, 1.807) is 6.07 Å².